The van der Waals surface area contributed by atoms with E-state index in [1.807, 2.05) is 18.2 Å². The van der Waals surface area contributed by atoms with Crippen LogP contribution in [0.15, 0.2) is 54.2 Å². The largest absolute Gasteiger partial charge is 0.493 e. The molecule has 0 atom stereocenters. The van der Waals surface area contributed by atoms with Crippen LogP contribution in [0.3, 0.4) is 0 Å². The molecule has 1 aromatic heterocycles. The molecule has 0 saturated heterocycles. The first-order valence-corrected chi connectivity index (χ1v) is 9.46. The maximum absolute atomic E-state index is 13.2. The molecule has 1 amide bonds. The van der Waals surface area contributed by atoms with Crippen LogP contribution >= 0.6 is 0 Å². The molecule has 7 nitrogen and oxygen atoms in total. The standard InChI is InChI=1S/C23H21FN4O3/c1-30-20-8-3-15(11-21(20)31-2)9-10-26-23(29)17(13-25)12-18-14-27-28-22(18)16-4-6-19(24)7-5-16/h3-8,11-12,14H,9-10H2,1-2H3,(H,26,29)(H,27,28)/b17-12+. The molecule has 1 heterocycles. The molecule has 158 valence electrons. The molecule has 0 radical (unpaired) electrons. The highest BCUT2D eigenvalue weighted by Crippen LogP contribution is 2.27. The van der Waals surface area contributed by atoms with Crippen LogP contribution in [0.1, 0.15) is 11.1 Å². The van der Waals surface area contributed by atoms with Crippen molar-refractivity contribution in [3.63, 3.8) is 0 Å². The lowest BCUT2D eigenvalue weighted by Gasteiger charge is -2.10. The average Bonchev–Trinajstić information content (AvgIpc) is 3.25. The van der Waals surface area contributed by atoms with Crippen molar-refractivity contribution < 1.29 is 18.7 Å². The van der Waals surface area contributed by atoms with Gasteiger partial charge in [0.05, 0.1) is 26.1 Å². The van der Waals surface area contributed by atoms with Crippen LogP contribution in [-0.4, -0.2) is 36.9 Å². The van der Waals surface area contributed by atoms with Crippen LogP contribution in [0, 0.1) is 17.1 Å². The fraction of sp³-hybridized carbons (Fsp3) is 0.174. The van der Waals surface area contributed by atoms with E-state index >= 15 is 0 Å². The van der Waals surface area contributed by atoms with Gasteiger partial charge < -0.3 is 14.8 Å². The average molecular weight is 420 g/mol. The van der Waals surface area contributed by atoms with E-state index in [9.17, 15) is 14.4 Å². The highest BCUT2D eigenvalue weighted by Gasteiger charge is 2.13. The van der Waals surface area contributed by atoms with Crippen molar-refractivity contribution in [2.45, 2.75) is 6.42 Å². The zero-order valence-corrected chi connectivity index (χ0v) is 17.1. The van der Waals surface area contributed by atoms with Crippen molar-refractivity contribution in [3.05, 3.63) is 71.2 Å². The molecule has 0 fully saturated rings. The number of halogens is 1. The van der Waals surface area contributed by atoms with E-state index in [0.29, 0.717) is 41.3 Å². The van der Waals surface area contributed by atoms with Crippen LogP contribution in [-0.2, 0) is 11.2 Å². The molecule has 2 N–H and O–H groups in total. The molecule has 0 saturated carbocycles. The second-order valence-corrected chi connectivity index (χ2v) is 6.57. The Morgan fingerprint density at radius 1 is 1.19 bits per heavy atom. The van der Waals surface area contributed by atoms with Gasteiger partial charge in [0, 0.05) is 17.7 Å². The summed E-state index contributed by atoms with van der Waals surface area (Å²) in [7, 11) is 3.12. The molecule has 0 spiro atoms. The van der Waals surface area contributed by atoms with E-state index < -0.39 is 5.91 Å². The van der Waals surface area contributed by atoms with Gasteiger partial charge in [0.2, 0.25) is 0 Å². The second-order valence-electron chi connectivity index (χ2n) is 6.57. The first kappa shape index (κ1) is 21.6. The maximum Gasteiger partial charge on any atom is 0.261 e. The van der Waals surface area contributed by atoms with Crippen molar-refractivity contribution in [2.75, 3.05) is 20.8 Å². The molecule has 3 rings (SSSR count). The van der Waals surface area contributed by atoms with Gasteiger partial charge >= 0.3 is 0 Å². The normalized spacial score (nSPS) is 11.0. The summed E-state index contributed by atoms with van der Waals surface area (Å²) in [5.74, 6) is 0.389. The summed E-state index contributed by atoms with van der Waals surface area (Å²) in [5.41, 5.74) is 2.73. The summed E-state index contributed by atoms with van der Waals surface area (Å²) in [4.78, 5) is 12.5. The van der Waals surface area contributed by atoms with Gasteiger partial charge in [0.1, 0.15) is 17.5 Å². The van der Waals surface area contributed by atoms with Crippen molar-refractivity contribution in [3.8, 4) is 28.8 Å². The number of aromatic amines is 1. The van der Waals surface area contributed by atoms with Gasteiger partial charge in [-0.05, 0) is 54.5 Å². The van der Waals surface area contributed by atoms with Gasteiger partial charge in [0.15, 0.2) is 11.5 Å². The number of ether oxygens (including phenoxy) is 2. The Morgan fingerprint density at radius 3 is 2.61 bits per heavy atom. The number of nitriles is 1. The van der Waals surface area contributed by atoms with Crippen molar-refractivity contribution >= 4 is 12.0 Å². The number of hydrogen-bond donors (Lipinski definition) is 2. The predicted octanol–water partition coefficient (Wildman–Crippen LogP) is 3.50. The number of benzene rings is 2. The number of methoxy groups -OCH3 is 2. The van der Waals surface area contributed by atoms with Gasteiger partial charge in [-0.1, -0.05) is 6.07 Å². The van der Waals surface area contributed by atoms with Gasteiger partial charge in [-0.15, -0.1) is 0 Å². The minimum Gasteiger partial charge on any atom is -0.493 e. The van der Waals surface area contributed by atoms with Crippen LogP contribution in [0.5, 0.6) is 11.5 Å². The highest BCUT2D eigenvalue weighted by atomic mass is 19.1. The van der Waals surface area contributed by atoms with E-state index in [1.54, 1.807) is 32.4 Å². The Labute approximate surface area is 179 Å². The van der Waals surface area contributed by atoms with Crippen LogP contribution < -0.4 is 14.8 Å². The Bertz CT molecular complexity index is 1130. The van der Waals surface area contributed by atoms with E-state index in [0.717, 1.165) is 5.56 Å². The SMILES string of the molecule is COc1ccc(CCNC(=O)/C(C#N)=C/c2cn[nH]c2-c2ccc(F)cc2)cc1OC. The second kappa shape index (κ2) is 10.1. The monoisotopic (exact) mass is 420 g/mol. The summed E-state index contributed by atoms with van der Waals surface area (Å²) in [6.45, 7) is 0.337. The Balaban J connectivity index is 1.68. The highest BCUT2D eigenvalue weighted by molar-refractivity contribution is 6.02. The number of amides is 1. The minimum atomic E-state index is -0.491. The van der Waals surface area contributed by atoms with E-state index in [4.69, 9.17) is 9.47 Å². The third-order valence-corrected chi connectivity index (χ3v) is 4.61. The summed E-state index contributed by atoms with van der Waals surface area (Å²) in [5, 5.41) is 19.0. The minimum absolute atomic E-state index is 0.0583. The Morgan fingerprint density at radius 2 is 1.94 bits per heavy atom. The lowest BCUT2D eigenvalue weighted by molar-refractivity contribution is -0.117. The number of rotatable bonds is 8. The van der Waals surface area contributed by atoms with Crippen LogP contribution in [0.25, 0.3) is 17.3 Å². The van der Waals surface area contributed by atoms with Crippen LogP contribution in [0.4, 0.5) is 4.39 Å². The molecule has 31 heavy (non-hydrogen) atoms. The molecule has 0 aliphatic heterocycles. The van der Waals surface area contributed by atoms with Crippen LogP contribution in [0.2, 0.25) is 0 Å². The van der Waals surface area contributed by atoms with Gasteiger partial charge in [-0.25, -0.2) is 4.39 Å². The predicted molar refractivity (Wildman–Crippen MR) is 114 cm³/mol. The number of H-pyrrole nitrogens is 1. The number of carbonyl (C=O) groups excluding carboxylic acids is 1. The fourth-order valence-electron chi connectivity index (χ4n) is 3.01. The Hall–Kier alpha value is -4.12. The third kappa shape index (κ3) is 5.28. The molecule has 2 aromatic carbocycles. The molecule has 8 heteroatoms. The molecule has 0 bridgehead atoms. The molecular formula is C23H21FN4O3. The van der Waals surface area contributed by atoms with Gasteiger partial charge in [-0.2, -0.15) is 10.4 Å². The van der Waals surface area contributed by atoms with Gasteiger partial charge in [0.25, 0.3) is 5.91 Å². The first-order valence-electron chi connectivity index (χ1n) is 9.46. The number of carbonyl (C=O) groups is 1. The lowest BCUT2D eigenvalue weighted by Crippen LogP contribution is -2.26. The van der Waals surface area contributed by atoms with Gasteiger partial charge in [-0.3, -0.25) is 9.89 Å². The Kier molecular flexibility index (Phi) is 7.01. The lowest BCUT2D eigenvalue weighted by atomic mass is 10.1. The third-order valence-electron chi connectivity index (χ3n) is 4.61. The fourth-order valence-corrected chi connectivity index (χ4v) is 3.01. The molecular weight excluding hydrogens is 399 g/mol. The smallest absolute Gasteiger partial charge is 0.261 e. The summed E-state index contributed by atoms with van der Waals surface area (Å²) >= 11 is 0. The number of hydrogen-bond acceptors (Lipinski definition) is 5. The summed E-state index contributed by atoms with van der Waals surface area (Å²) < 4.78 is 23.7. The molecule has 0 aliphatic rings. The van der Waals surface area contributed by atoms with E-state index in [1.165, 1.54) is 24.4 Å². The number of nitrogens with one attached hydrogen (secondary N) is 2. The van der Waals surface area contributed by atoms with Crippen molar-refractivity contribution in [1.29, 1.82) is 5.26 Å². The van der Waals surface area contributed by atoms with E-state index in [-0.39, 0.29) is 11.4 Å². The number of aromatic nitrogens is 2. The quantitative estimate of drug-likeness (QED) is 0.429. The van der Waals surface area contributed by atoms with Crippen molar-refractivity contribution in [1.82, 2.24) is 15.5 Å². The maximum atomic E-state index is 13.2. The van der Waals surface area contributed by atoms with E-state index in [2.05, 4.69) is 15.5 Å². The molecule has 0 unspecified atom stereocenters. The first-order chi connectivity index (χ1) is 15.0. The zero-order valence-electron chi connectivity index (χ0n) is 17.1. The number of nitrogens with zero attached hydrogens (tertiary/aromatic N) is 2. The molecule has 0 aliphatic carbocycles. The zero-order chi connectivity index (χ0) is 22.2. The van der Waals surface area contributed by atoms with Crippen molar-refractivity contribution in [2.24, 2.45) is 0 Å². The molecule has 3 aromatic rings. The summed E-state index contributed by atoms with van der Waals surface area (Å²) in [6, 6.07) is 13.3. The summed E-state index contributed by atoms with van der Waals surface area (Å²) in [6.07, 6.45) is 3.51. The topological polar surface area (TPSA) is 100 Å².